The molecule has 0 unspecified atom stereocenters. The minimum Gasteiger partial charge on any atom is -0.388 e. The minimum atomic E-state index is -0.493. The van der Waals surface area contributed by atoms with Crippen molar-refractivity contribution >= 4 is 22.0 Å². The van der Waals surface area contributed by atoms with Gasteiger partial charge in [0.15, 0.2) is 0 Å². The van der Waals surface area contributed by atoms with Crippen LogP contribution in [0.2, 0.25) is 0 Å². The molecule has 2 atom stereocenters. The Morgan fingerprint density at radius 2 is 1.94 bits per heavy atom. The highest BCUT2D eigenvalue weighted by atomic mass is 79.9. The largest absolute Gasteiger partial charge is 0.388 e. The second-order valence-corrected chi connectivity index (χ2v) is 5.00. The Hall–Kier alpha value is -0.860. The number of hydrogen-bond acceptors (Lipinski definition) is 1. The van der Waals surface area contributed by atoms with Gasteiger partial charge in [-0.15, -0.1) is 0 Å². The molecule has 0 radical (unpaired) electrons. The van der Waals surface area contributed by atoms with Gasteiger partial charge in [0.25, 0.3) is 0 Å². The topological polar surface area (TPSA) is 20.2 Å². The Labute approximate surface area is 106 Å². The minimum absolute atomic E-state index is 0.0139. The van der Waals surface area contributed by atoms with Crippen molar-refractivity contribution in [3.8, 4) is 0 Å². The van der Waals surface area contributed by atoms with Crippen molar-refractivity contribution in [3.05, 3.63) is 52.5 Å². The fourth-order valence-electron chi connectivity index (χ4n) is 1.46. The predicted molar refractivity (Wildman–Crippen MR) is 73.3 cm³/mol. The fourth-order valence-corrected chi connectivity index (χ4v) is 1.71. The van der Waals surface area contributed by atoms with Crippen LogP contribution < -0.4 is 0 Å². The van der Waals surface area contributed by atoms with Gasteiger partial charge in [-0.1, -0.05) is 65.8 Å². The predicted octanol–water partition coefficient (Wildman–Crippen LogP) is 4.00. The Balaban J connectivity index is 2.82. The second-order valence-electron chi connectivity index (χ2n) is 3.98. The van der Waals surface area contributed by atoms with Crippen LogP contribution in [0.1, 0.15) is 19.4 Å². The lowest BCUT2D eigenvalue weighted by Gasteiger charge is -2.18. The number of aliphatic hydroxyl groups is 1. The molecule has 0 bridgehead atoms. The molecule has 0 spiro atoms. The first-order chi connectivity index (χ1) is 7.52. The van der Waals surface area contributed by atoms with Crippen LogP contribution in [0.4, 0.5) is 0 Å². The van der Waals surface area contributed by atoms with E-state index in [1.165, 1.54) is 0 Å². The van der Waals surface area contributed by atoms with E-state index in [1.54, 1.807) is 0 Å². The van der Waals surface area contributed by atoms with E-state index in [0.29, 0.717) is 0 Å². The normalized spacial score (nSPS) is 15.6. The van der Waals surface area contributed by atoms with Crippen molar-refractivity contribution in [3.63, 3.8) is 0 Å². The molecule has 0 aliphatic carbocycles. The monoisotopic (exact) mass is 280 g/mol. The van der Waals surface area contributed by atoms with E-state index in [1.807, 2.05) is 50.3 Å². The highest BCUT2D eigenvalue weighted by Crippen LogP contribution is 2.24. The molecule has 0 aromatic heterocycles. The van der Waals surface area contributed by atoms with Crippen LogP contribution in [0.15, 0.2) is 47.0 Å². The zero-order valence-corrected chi connectivity index (χ0v) is 11.2. The Kier molecular flexibility index (Phi) is 4.97. The van der Waals surface area contributed by atoms with E-state index < -0.39 is 6.10 Å². The summed E-state index contributed by atoms with van der Waals surface area (Å²) in [4.78, 5) is 0. The van der Waals surface area contributed by atoms with E-state index in [2.05, 4.69) is 22.5 Å². The van der Waals surface area contributed by atoms with Crippen molar-refractivity contribution in [2.45, 2.75) is 20.0 Å². The molecule has 1 aromatic carbocycles. The molecule has 0 heterocycles. The maximum Gasteiger partial charge on any atom is 0.0821 e. The molecular weight excluding hydrogens is 264 g/mol. The van der Waals surface area contributed by atoms with Crippen LogP contribution in [0.3, 0.4) is 0 Å². The third-order valence-electron chi connectivity index (χ3n) is 2.63. The average Bonchev–Trinajstić information content (AvgIpc) is 2.28. The third-order valence-corrected chi connectivity index (χ3v) is 3.35. The molecule has 0 fully saturated rings. The summed E-state index contributed by atoms with van der Waals surface area (Å²) in [6.45, 7) is 7.68. The van der Waals surface area contributed by atoms with E-state index >= 15 is 0 Å². The molecule has 16 heavy (non-hydrogen) atoms. The fraction of sp³-hybridized carbons (Fsp3) is 0.286. The van der Waals surface area contributed by atoms with Gasteiger partial charge in [-0.05, 0) is 22.5 Å². The van der Waals surface area contributed by atoms with Crippen molar-refractivity contribution < 1.29 is 5.11 Å². The lowest BCUT2D eigenvalue weighted by molar-refractivity contribution is 0.173. The van der Waals surface area contributed by atoms with Gasteiger partial charge in [0.2, 0.25) is 0 Å². The van der Waals surface area contributed by atoms with E-state index in [0.717, 1.165) is 15.6 Å². The first kappa shape index (κ1) is 13.2. The van der Waals surface area contributed by atoms with Crippen molar-refractivity contribution in [2.24, 2.45) is 5.92 Å². The summed E-state index contributed by atoms with van der Waals surface area (Å²) in [5, 5.41) is 10.1. The quantitative estimate of drug-likeness (QED) is 0.884. The van der Waals surface area contributed by atoms with Gasteiger partial charge in [0, 0.05) is 5.92 Å². The SMILES string of the molecule is C=C(Br)[C@@H](C)[C@@H](O)/C(C)=C/c1ccccc1. The average molecular weight is 281 g/mol. The summed E-state index contributed by atoms with van der Waals surface area (Å²) in [6.07, 6.45) is 1.50. The van der Waals surface area contributed by atoms with E-state index in [9.17, 15) is 5.11 Å². The third kappa shape index (κ3) is 3.62. The van der Waals surface area contributed by atoms with Gasteiger partial charge in [0.1, 0.15) is 0 Å². The highest BCUT2D eigenvalue weighted by Gasteiger charge is 2.17. The smallest absolute Gasteiger partial charge is 0.0821 e. The summed E-state index contributed by atoms with van der Waals surface area (Å²) in [5.41, 5.74) is 2.05. The van der Waals surface area contributed by atoms with Crippen LogP contribution >= 0.6 is 15.9 Å². The van der Waals surface area contributed by atoms with Crippen molar-refractivity contribution in [2.75, 3.05) is 0 Å². The van der Waals surface area contributed by atoms with E-state index in [4.69, 9.17) is 0 Å². The Morgan fingerprint density at radius 1 is 1.38 bits per heavy atom. The number of aliphatic hydroxyl groups excluding tert-OH is 1. The van der Waals surface area contributed by atoms with Crippen LogP contribution in [0.25, 0.3) is 6.08 Å². The molecule has 0 aliphatic heterocycles. The standard InChI is InChI=1S/C14H17BrO/c1-10(14(16)11(2)12(3)15)9-13-7-5-4-6-8-13/h4-9,11,14,16H,3H2,1-2H3/b10-9+/t11-,14+/m1/s1. The second kappa shape index (κ2) is 6.02. The maximum atomic E-state index is 10.1. The zero-order valence-electron chi connectivity index (χ0n) is 9.65. The number of halogens is 1. The Bertz CT molecular complexity index is 381. The van der Waals surface area contributed by atoms with Gasteiger partial charge in [-0.25, -0.2) is 0 Å². The van der Waals surface area contributed by atoms with Crippen LogP contribution in [0.5, 0.6) is 0 Å². The van der Waals surface area contributed by atoms with Gasteiger partial charge in [-0.3, -0.25) is 0 Å². The number of rotatable bonds is 4. The zero-order chi connectivity index (χ0) is 12.1. The van der Waals surface area contributed by atoms with Gasteiger partial charge in [-0.2, -0.15) is 0 Å². The maximum absolute atomic E-state index is 10.1. The molecule has 0 saturated carbocycles. The summed E-state index contributed by atoms with van der Waals surface area (Å²) < 4.78 is 0.820. The molecule has 1 aromatic rings. The molecule has 1 N–H and O–H groups in total. The molecule has 1 rings (SSSR count). The highest BCUT2D eigenvalue weighted by molar-refractivity contribution is 9.11. The molecule has 86 valence electrons. The van der Waals surface area contributed by atoms with Crippen molar-refractivity contribution in [1.82, 2.24) is 0 Å². The molecule has 1 nitrogen and oxygen atoms in total. The summed E-state index contributed by atoms with van der Waals surface area (Å²) in [5.74, 6) is 0.0139. The van der Waals surface area contributed by atoms with Crippen LogP contribution in [0, 0.1) is 5.92 Å². The summed E-state index contributed by atoms with van der Waals surface area (Å²) in [6, 6.07) is 9.98. The number of benzene rings is 1. The Morgan fingerprint density at radius 3 is 2.44 bits per heavy atom. The molecule has 0 aliphatic rings. The molecule has 0 saturated heterocycles. The van der Waals surface area contributed by atoms with Gasteiger partial charge in [0.05, 0.1) is 6.10 Å². The first-order valence-corrected chi connectivity index (χ1v) is 6.07. The molecular formula is C14H17BrO. The summed E-state index contributed by atoms with van der Waals surface area (Å²) in [7, 11) is 0. The van der Waals surface area contributed by atoms with Crippen LogP contribution in [-0.2, 0) is 0 Å². The van der Waals surface area contributed by atoms with Gasteiger partial charge < -0.3 is 5.11 Å². The van der Waals surface area contributed by atoms with Crippen LogP contribution in [-0.4, -0.2) is 11.2 Å². The van der Waals surface area contributed by atoms with E-state index in [-0.39, 0.29) is 5.92 Å². The van der Waals surface area contributed by atoms with Gasteiger partial charge >= 0.3 is 0 Å². The number of hydrogen-bond donors (Lipinski definition) is 1. The lowest BCUT2D eigenvalue weighted by atomic mass is 9.97. The lowest BCUT2D eigenvalue weighted by Crippen LogP contribution is -2.18. The molecule has 2 heteroatoms. The first-order valence-electron chi connectivity index (χ1n) is 5.28. The molecule has 0 amide bonds. The van der Waals surface area contributed by atoms with Crippen molar-refractivity contribution in [1.29, 1.82) is 0 Å². The summed E-state index contributed by atoms with van der Waals surface area (Å²) >= 11 is 3.31.